The highest BCUT2D eigenvalue weighted by Crippen LogP contribution is 2.28. The molecular formula is C11H14ClF3N2O. The lowest BCUT2D eigenvalue weighted by Gasteiger charge is -2.23. The highest BCUT2D eigenvalue weighted by Gasteiger charge is 2.32. The maximum Gasteiger partial charge on any atom is 0.433 e. The summed E-state index contributed by atoms with van der Waals surface area (Å²) in [6, 6.07) is 2.26. The van der Waals surface area contributed by atoms with Gasteiger partial charge in [0.2, 0.25) is 0 Å². The molecule has 7 heteroatoms. The van der Waals surface area contributed by atoms with Crippen LogP contribution in [-0.4, -0.2) is 24.2 Å². The van der Waals surface area contributed by atoms with E-state index in [0.717, 1.165) is 38.2 Å². The minimum absolute atomic E-state index is 0. The van der Waals surface area contributed by atoms with E-state index in [4.69, 9.17) is 4.74 Å². The van der Waals surface area contributed by atoms with Gasteiger partial charge in [-0.25, -0.2) is 4.98 Å². The zero-order valence-electron chi connectivity index (χ0n) is 9.54. The molecule has 0 atom stereocenters. The van der Waals surface area contributed by atoms with E-state index < -0.39 is 11.9 Å². The van der Waals surface area contributed by atoms with Crippen molar-refractivity contribution in [3.63, 3.8) is 0 Å². The lowest BCUT2D eigenvalue weighted by Crippen LogP contribution is -2.34. The van der Waals surface area contributed by atoms with Crippen molar-refractivity contribution in [2.75, 3.05) is 13.1 Å². The molecule has 0 bridgehead atoms. The van der Waals surface area contributed by atoms with Gasteiger partial charge < -0.3 is 10.1 Å². The Balaban J connectivity index is 0.00000162. The zero-order chi connectivity index (χ0) is 12.3. The summed E-state index contributed by atoms with van der Waals surface area (Å²) < 4.78 is 42.4. The molecule has 102 valence electrons. The maximum absolute atomic E-state index is 12.3. The molecular weight excluding hydrogens is 269 g/mol. The number of ether oxygens (including phenoxy) is 1. The van der Waals surface area contributed by atoms with E-state index in [0.29, 0.717) is 5.75 Å². The number of rotatable bonds is 2. The number of piperidine rings is 1. The van der Waals surface area contributed by atoms with E-state index in [2.05, 4.69) is 10.3 Å². The van der Waals surface area contributed by atoms with Crippen molar-refractivity contribution in [2.24, 2.45) is 0 Å². The second-order valence-corrected chi connectivity index (χ2v) is 3.94. The largest absolute Gasteiger partial charge is 0.489 e. The van der Waals surface area contributed by atoms with Gasteiger partial charge in [-0.15, -0.1) is 12.4 Å². The molecule has 0 spiro atoms. The molecule has 0 amide bonds. The summed E-state index contributed by atoms with van der Waals surface area (Å²) >= 11 is 0. The molecule has 1 saturated heterocycles. The van der Waals surface area contributed by atoms with Crippen LogP contribution in [-0.2, 0) is 6.18 Å². The number of pyridine rings is 1. The summed E-state index contributed by atoms with van der Waals surface area (Å²) in [7, 11) is 0. The Morgan fingerprint density at radius 1 is 1.22 bits per heavy atom. The quantitative estimate of drug-likeness (QED) is 0.905. The van der Waals surface area contributed by atoms with Crippen LogP contribution in [0.25, 0.3) is 0 Å². The van der Waals surface area contributed by atoms with Crippen molar-refractivity contribution in [3.8, 4) is 5.75 Å². The van der Waals surface area contributed by atoms with Crippen molar-refractivity contribution < 1.29 is 17.9 Å². The fourth-order valence-corrected chi connectivity index (χ4v) is 1.72. The Morgan fingerprint density at radius 3 is 2.39 bits per heavy atom. The van der Waals surface area contributed by atoms with E-state index in [1.54, 1.807) is 0 Å². The summed E-state index contributed by atoms with van der Waals surface area (Å²) in [6.07, 6.45) is -1.48. The Labute approximate surface area is 109 Å². The van der Waals surface area contributed by atoms with Gasteiger partial charge >= 0.3 is 6.18 Å². The van der Waals surface area contributed by atoms with Crippen molar-refractivity contribution in [1.82, 2.24) is 10.3 Å². The number of nitrogens with zero attached hydrogens (tertiary/aromatic N) is 1. The fraction of sp³-hybridized carbons (Fsp3) is 0.545. The van der Waals surface area contributed by atoms with Crippen LogP contribution in [0.4, 0.5) is 13.2 Å². The number of hydrogen-bond acceptors (Lipinski definition) is 3. The van der Waals surface area contributed by atoms with Crippen LogP contribution in [0.5, 0.6) is 5.75 Å². The molecule has 0 radical (unpaired) electrons. The van der Waals surface area contributed by atoms with E-state index in [1.807, 2.05) is 0 Å². The molecule has 1 aliphatic rings. The Morgan fingerprint density at radius 2 is 1.89 bits per heavy atom. The van der Waals surface area contributed by atoms with Gasteiger partial charge in [-0.1, -0.05) is 0 Å². The first-order valence-corrected chi connectivity index (χ1v) is 5.46. The first kappa shape index (κ1) is 15.0. The van der Waals surface area contributed by atoms with Crippen molar-refractivity contribution in [1.29, 1.82) is 0 Å². The SMILES string of the molecule is Cl.FC(F)(F)c1ccc(OC2CCNCC2)cn1. The van der Waals surface area contributed by atoms with Gasteiger partial charge in [-0.05, 0) is 38.1 Å². The topological polar surface area (TPSA) is 34.1 Å². The lowest BCUT2D eigenvalue weighted by molar-refractivity contribution is -0.141. The Kier molecular flexibility index (Phi) is 5.22. The number of hydrogen-bond donors (Lipinski definition) is 1. The van der Waals surface area contributed by atoms with Gasteiger partial charge in [-0.3, -0.25) is 0 Å². The van der Waals surface area contributed by atoms with Crippen LogP contribution in [0, 0.1) is 0 Å². The molecule has 1 aliphatic heterocycles. The summed E-state index contributed by atoms with van der Waals surface area (Å²) in [6.45, 7) is 1.75. The molecule has 0 aromatic carbocycles. The number of nitrogens with one attached hydrogen (secondary N) is 1. The molecule has 1 fully saturated rings. The fourth-order valence-electron chi connectivity index (χ4n) is 1.72. The second kappa shape index (κ2) is 6.24. The van der Waals surface area contributed by atoms with Gasteiger partial charge in [-0.2, -0.15) is 13.2 Å². The van der Waals surface area contributed by atoms with Crippen LogP contribution in [0.1, 0.15) is 18.5 Å². The van der Waals surface area contributed by atoms with Gasteiger partial charge in [0.25, 0.3) is 0 Å². The molecule has 0 unspecified atom stereocenters. The number of alkyl halides is 3. The first-order chi connectivity index (χ1) is 8.05. The Bertz CT molecular complexity index is 364. The van der Waals surface area contributed by atoms with E-state index >= 15 is 0 Å². The van der Waals surface area contributed by atoms with Crippen molar-refractivity contribution in [3.05, 3.63) is 24.0 Å². The van der Waals surface area contributed by atoms with Crippen molar-refractivity contribution >= 4 is 12.4 Å². The molecule has 2 heterocycles. The lowest BCUT2D eigenvalue weighted by atomic mass is 10.1. The summed E-state index contributed by atoms with van der Waals surface area (Å²) in [5.74, 6) is 0.393. The summed E-state index contributed by atoms with van der Waals surface area (Å²) in [5, 5.41) is 3.19. The normalized spacial score (nSPS) is 17.1. The third kappa shape index (κ3) is 4.03. The molecule has 0 aliphatic carbocycles. The highest BCUT2D eigenvalue weighted by molar-refractivity contribution is 5.85. The molecule has 18 heavy (non-hydrogen) atoms. The standard InChI is InChI=1S/C11H13F3N2O.ClH/c12-11(13,14)10-2-1-9(7-16-10)17-8-3-5-15-6-4-8;/h1-2,7-8,15H,3-6H2;1H. The summed E-state index contributed by atoms with van der Waals surface area (Å²) in [4.78, 5) is 3.35. The number of aromatic nitrogens is 1. The predicted molar refractivity (Wildman–Crippen MR) is 63.0 cm³/mol. The van der Waals surface area contributed by atoms with Crippen LogP contribution in [0.2, 0.25) is 0 Å². The average Bonchev–Trinajstić information content (AvgIpc) is 2.30. The van der Waals surface area contributed by atoms with Crippen LogP contribution >= 0.6 is 12.4 Å². The minimum atomic E-state index is -4.40. The van der Waals surface area contributed by atoms with E-state index in [1.165, 1.54) is 6.07 Å². The van der Waals surface area contributed by atoms with Gasteiger partial charge in [0.1, 0.15) is 17.5 Å². The predicted octanol–water partition coefficient (Wildman–Crippen LogP) is 2.65. The highest BCUT2D eigenvalue weighted by atomic mass is 35.5. The smallest absolute Gasteiger partial charge is 0.433 e. The third-order valence-electron chi connectivity index (χ3n) is 2.62. The van der Waals surface area contributed by atoms with Gasteiger partial charge in [0.05, 0.1) is 6.20 Å². The maximum atomic E-state index is 12.3. The monoisotopic (exact) mass is 282 g/mol. The molecule has 1 aromatic heterocycles. The minimum Gasteiger partial charge on any atom is -0.489 e. The molecule has 1 N–H and O–H groups in total. The van der Waals surface area contributed by atoms with Crippen LogP contribution in [0.3, 0.4) is 0 Å². The Hall–Kier alpha value is -1.01. The van der Waals surface area contributed by atoms with Crippen molar-refractivity contribution in [2.45, 2.75) is 25.1 Å². The van der Waals surface area contributed by atoms with Gasteiger partial charge in [0.15, 0.2) is 0 Å². The second-order valence-electron chi connectivity index (χ2n) is 3.94. The first-order valence-electron chi connectivity index (χ1n) is 5.46. The number of halogens is 4. The van der Waals surface area contributed by atoms with E-state index in [9.17, 15) is 13.2 Å². The van der Waals surface area contributed by atoms with E-state index in [-0.39, 0.29) is 18.5 Å². The van der Waals surface area contributed by atoms with Crippen LogP contribution < -0.4 is 10.1 Å². The zero-order valence-corrected chi connectivity index (χ0v) is 10.4. The molecule has 0 saturated carbocycles. The molecule has 2 rings (SSSR count). The van der Waals surface area contributed by atoms with Crippen LogP contribution in [0.15, 0.2) is 18.3 Å². The molecule has 1 aromatic rings. The summed E-state index contributed by atoms with van der Waals surface area (Å²) in [5.41, 5.74) is -0.893. The average molecular weight is 283 g/mol. The van der Waals surface area contributed by atoms with Gasteiger partial charge in [0, 0.05) is 0 Å². The third-order valence-corrected chi connectivity index (χ3v) is 2.62. The molecule has 3 nitrogen and oxygen atoms in total.